The van der Waals surface area contributed by atoms with Crippen LogP contribution in [0.15, 0.2) is 60.8 Å². The summed E-state index contributed by atoms with van der Waals surface area (Å²) in [5.74, 6) is -0.336. The molecule has 0 aliphatic rings. The van der Waals surface area contributed by atoms with Crippen molar-refractivity contribution in [3.63, 3.8) is 0 Å². The summed E-state index contributed by atoms with van der Waals surface area (Å²) >= 11 is 0. The summed E-state index contributed by atoms with van der Waals surface area (Å²) in [6.45, 7) is 4.89. The first-order valence-corrected chi connectivity index (χ1v) is 27.3. The summed E-state index contributed by atoms with van der Waals surface area (Å²) in [5, 5.41) is 0. The molecule has 0 fully saturated rings. The quantitative estimate of drug-likeness (QED) is 0.0268. The van der Waals surface area contributed by atoms with E-state index in [1.54, 1.807) is 0 Å². The molecule has 3 N–H and O–H groups in total. The van der Waals surface area contributed by atoms with Gasteiger partial charge in [0.1, 0.15) is 6.10 Å². The topological polar surface area (TPSA) is 117 Å². The van der Waals surface area contributed by atoms with Gasteiger partial charge in [0, 0.05) is 19.6 Å². The molecular weight excluding hydrogens is 794 g/mol. The van der Waals surface area contributed by atoms with Crippen molar-refractivity contribution in [2.45, 2.75) is 238 Å². The number of allylic oxidation sites excluding steroid dienone is 10. The molecule has 0 aromatic rings. The van der Waals surface area contributed by atoms with Crippen LogP contribution in [0.1, 0.15) is 232 Å². The number of nitrogens with two attached hydrogens (primary N) is 1. The fourth-order valence-electron chi connectivity index (χ4n) is 7.09. The van der Waals surface area contributed by atoms with Crippen molar-refractivity contribution < 1.29 is 32.8 Å². The number of carbonyl (C=O) groups excluding carboxylic acids is 1. The van der Waals surface area contributed by atoms with Crippen molar-refractivity contribution in [1.82, 2.24) is 0 Å². The summed E-state index contributed by atoms with van der Waals surface area (Å²) < 4.78 is 33.6. The highest BCUT2D eigenvalue weighted by Gasteiger charge is 2.25. The Bertz CT molecular complexity index is 1140. The highest BCUT2D eigenvalue weighted by atomic mass is 31.2. The molecule has 62 heavy (non-hydrogen) atoms. The van der Waals surface area contributed by atoms with Crippen molar-refractivity contribution in [1.29, 1.82) is 0 Å². The van der Waals surface area contributed by atoms with Crippen LogP contribution in [0.2, 0.25) is 0 Å². The summed E-state index contributed by atoms with van der Waals surface area (Å²) in [7, 11) is -4.29. The zero-order chi connectivity index (χ0) is 45.1. The molecule has 0 heterocycles. The van der Waals surface area contributed by atoms with E-state index in [4.69, 9.17) is 24.3 Å². The van der Waals surface area contributed by atoms with Crippen LogP contribution in [-0.4, -0.2) is 49.9 Å². The molecule has 0 bridgehead atoms. The third-order valence-electron chi connectivity index (χ3n) is 10.9. The van der Waals surface area contributed by atoms with E-state index in [1.807, 2.05) is 0 Å². The first-order chi connectivity index (χ1) is 30.4. The molecule has 0 spiro atoms. The van der Waals surface area contributed by atoms with Gasteiger partial charge in [0.2, 0.25) is 0 Å². The largest absolute Gasteiger partial charge is 0.472 e. The average Bonchev–Trinajstić information content (AvgIpc) is 3.26. The number of ether oxygens (including phenoxy) is 2. The Hall–Kier alpha value is -1.80. The van der Waals surface area contributed by atoms with E-state index < -0.39 is 13.9 Å². The first kappa shape index (κ1) is 60.2. The van der Waals surface area contributed by atoms with Crippen LogP contribution in [0, 0.1) is 0 Å². The van der Waals surface area contributed by atoms with E-state index in [0.29, 0.717) is 13.0 Å². The summed E-state index contributed by atoms with van der Waals surface area (Å²) in [6, 6.07) is 0. The van der Waals surface area contributed by atoms with Gasteiger partial charge in [-0.3, -0.25) is 13.8 Å². The standard InChI is InChI=1S/C53H98NO7P/c1-3-5-7-9-11-13-15-17-19-21-23-24-25-26-27-29-31-33-35-37-39-41-43-45-48-58-50-52(51-60-62(56,57)59-49-47-54)61-53(55)46-44-42-40-38-36-34-32-30-28-22-20-18-16-14-12-10-8-6-4-2/h12,14-15,17-18,20-21,23,25-26,52H,3-11,13,16,19,22,24,27-51,54H2,1-2H3,(H,56,57)/b14-12-,17-15-,20-18-,23-21-,26-25-. The Kier molecular flexibility index (Phi) is 48.7. The van der Waals surface area contributed by atoms with Gasteiger partial charge in [-0.25, -0.2) is 4.57 Å². The second kappa shape index (κ2) is 50.2. The summed E-state index contributed by atoms with van der Waals surface area (Å²) in [5.41, 5.74) is 5.39. The number of hydrogen-bond donors (Lipinski definition) is 2. The molecule has 0 saturated carbocycles. The van der Waals surface area contributed by atoms with Crippen LogP contribution < -0.4 is 5.73 Å². The number of esters is 1. The third kappa shape index (κ3) is 49.2. The lowest BCUT2D eigenvalue weighted by molar-refractivity contribution is -0.154. The zero-order valence-corrected chi connectivity index (χ0v) is 41.2. The lowest BCUT2D eigenvalue weighted by Gasteiger charge is -2.20. The van der Waals surface area contributed by atoms with E-state index in [9.17, 15) is 14.3 Å². The highest BCUT2D eigenvalue weighted by Crippen LogP contribution is 2.43. The Morgan fingerprint density at radius 2 is 0.855 bits per heavy atom. The monoisotopic (exact) mass is 892 g/mol. The van der Waals surface area contributed by atoms with Gasteiger partial charge in [-0.1, -0.05) is 203 Å². The van der Waals surface area contributed by atoms with Gasteiger partial charge in [0.25, 0.3) is 0 Å². The molecule has 0 aliphatic heterocycles. The van der Waals surface area contributed by atoms with Crippen molar-refractivity contribution in [2.75, 3.05) is 33.0 Å². The molecule has 0 rings (SSSR count). The van der Waals surface area contributed by atoms with Crippen molar-refractivity contribution >= 4 is 13.8 Å². The van der Waals surface area contributed by atoms with E-state index in [1.165, 1.54) is 161 Å². The second-order valence-corrected chi connectivity index (χ2v) is 18.5. The van der Waals surface area contributed by atoms with Crippen molar-refractivity contribution in [2.24, 2.45) is 5.73 Å². The highest BCUT2D eigenvalue weighted by molar-refractivity contribution is 7.47. The number of phosphoric acid groups is 1. The maximum atomic E-state index is 12.7. The number of carbonyl (C=O) groups is 1. The van der Waals surface area contributed by atoms with Crippen LogP contribution in [0.3, 0.4) is 0 Å². The van der Waals surface area contributed by atoms with Gasteiger partial charge in [-0.15, -0.1) is 0 Å². The fraction of sp³-hybridized carbons (Fsp3) is 0.792. The number of phosphoric ester groups is 1. The molecule has 0 radical (unpaired) electrons. The minimum atomic E-state index is -4.29. The Morgan fingerprint density at radius 1 is 0.484 bits per heavy atom. The molecule has 0 aromatic heterocycles. The second-order valence-electron chi connectivity index (χ2n) is 17.0. The predicted molar refractivity (Wildman–Crippen MR) is 266 cm³/mol. The van der Waals surface area contributed by atoms with Gasteiger partial charge in [-0.05, 0) is 83.5 Å². The average molecular weight is 892 g/mol. The predicted octanol–water partition coefficient (Wildman–Crippen LogP) is 16.1. The molecule has 8 nitrogen and oxygen atoms in total. The number of unbranched alkanes of at least 4 members (excludes halogenated alkanes) is 26. The molecule has 0 aliphatic carbocycles. The van der Waals surface area contributed by atoms with E-state index in [2.05, 4.69) is 74.6 Å². The maximum Gasteiger partial charge on any atom is 0.472 e. The van der Waals surface area contributed by atoms with Crippen LogP contribution in [-0.2, 0) is 27.9 Å². The third-order valence-corrected chi connectivity index (χ3v) is 11.9. The Labute approximate surface area is 383 Å². The molecule has 0 amide bonds. The van der Waals surface area contributed by atoms with Crippen LogP contribution in [0.5, 0.6) is 0 Å². The minimum Gasteiger partial charge on any atom is -0.457 e. The van der Waals surface area contributed by atoms with Crippen molar-refractivity contribution in [3.05, 3.63) is 60.8 Å². The molecule has 0 aromatic carbocycles. The normalized spacial score (nSPS) is 13.8. The maximum absolute atomic E-state index is 12.7. The van der Waals surface area contributed by atoms with E-state index in [0.717, 1.165) is 51.4 Å². The molecule has 9 heteroatoms. The van der Waals surface area contributed by atoms with Gasteiger partial charge < -0.3 is 20.1 Å². The van der Waals surface area contributed by atoms with Gasteiger partial charge in [0.05, 0.1) is 19.8 Å². The van der Waals surface area contributed by atoms with Gasteiger partial charge >= 0.3 is 13.8 Å². The number of hydrogen-bond acceptors (Lipinski definition) is 7. The lowest BCUT2D eigenvalue weighted by atomic mass is 10.1. The van der Waals surface area contributed by atoms with Crippen LogP contribution in [0.25, 0.3) is 0 Å². The van der Waals surface area contributed by atoms with E-state index in [-0.39, 0.29) is 32.3 Å². The minimum absolute atomic E-state index is 0.0966. The van der Waals surface area contributed by atoms with Gasteiger partial charge in [-0.2, -0.15) is 0 Å². The van der Waals surface area contributed by atoms with Crippen molar-refractivity contribution in [3.8, 4) is 0 Å². The van der Waals surface area contributed by atoms with Crippen LogP contribution in [0.4, 0.5) is 0 Å². The Morgan fingerprint density at radius 3 is 1.31 bits per heavy atom. The number of rotatable bonds is 49. The molecule has 2 atom stereocenters. The Balaban J connectivity index is 3.96. The first-order valence-electron chi connectivity index (χ1n) is 25.8. The SMILES string of the molecule is CCCCC/C=C\C/C=C\CCCCCCCCCCCC(=O)OC(COCCCCCCCCCCC/C=C\C/C=C\C/C=C\CCCCCCC)COP(=O)(O)OCCN. The lowest BCUT2D eigenvalue weighted by Crippen LogP contribution is -2.28. The summed E-state index contributed by atoms with van der Waals surface area (Å²) in [4.78, 5) is 22.6. The summed E-state index contributed by atoms with van der Waals surface area (Å²) in [6.07, 6.45) is 62.5. The zero-order valence-electron chi connectivity index (χ0n) is 40.3. The fourth-order valence-corrected chi connectivity index (χ4v) is 7.86. The smallest absolute Gasteiger partial charge is 0.457 e. The molecule has 362 valence electrons. The molecule has 0 saturated heterocycles. The molecule has 2 unspecified atom stereocenters. The van der Waals surface area contributed by atoms with Gasteiger partial charge in [0.15, 0.2) is 0 Å². The molecular formula is C53H98NO7P. The van der Waals surface area contributed by atoms with E-state index >= 15 is 0 Å². The van der Waals surface area contributed by atoms with Crippen LogP contribution >= 0.6 is 7.82 Å².